The Morgan fingerprint density at radius 2 is 2.00 bits per heavy atom. The molecule has 116 valence electrons. The first-order valence-electron chi connectivity index (χ1n) is 7.62. The van der Waals surface area contributed by atoms with Crippen LogP contribution in [0.4, 0.5) is 5.69 Å². The molecule has 0 aromatic carbocycles. The van der Waals surface area contributed by atoms with E-state index in [1.165, 1.54) is 4.68 Å². The van der Waals surface area contributed by atoms with Crippen molar-refractivity contribution in [2.24, 2.45) is 0 Å². The van der Waals surface area contributed by atoms with E-state index in [0.29, 0.717) is 25.8 Å². The largest absolute Gasteiger partial charge is 0.368 e. The molecule has 0 saturated carbocycles. The molecule has 0 spiro atoms. The van der Waals surface area contributed by atoms with Crippen molar-refractivity contribution >= 4 is 11.5 Å². The van der Waals surface area contributed by atoms with Gasteiger partial charge in [0.05, 0.1) is 11.9 Å². The van der Waals surface area contributed by atoms with Crippen LogP contribution < -0.4 is 10.5 Å². The van der Waals surface area contributed by atoms with Gasteiger partial charge in [-0.15, -0.1) is 0 Å². The highest BCUT2D eigenvalue weighted by Crippen LogP contribution is 2.12. The van der Waals surface area contributed by atoms with Crippen molar-refractivity contribution in [3.05, 3.63) is 22.6 Å². The lowest BCUT2D eigenvalue weighted by Gasteiger charge is -2.33. The van der Waals surface area contributed by atoms with Crippen LogP contribution in [0.3, 0.4) is 0 Å². The van der Waals surface area contributed by atoms with Crippen molar-refractivity contribution < 1.29 is 4.79 Å². The van der Waals surface area contributed by atoms with Gasteiger partial charge in [0, 0.05) is 51.6 Å². The lowest BCUT2D eigenvalue weighted by Crippen LogP contribution is -2.45. The summed E-state index contributed by atoms with van der Waals surface area (Å²) >= 11 is 0. The Balaban J connectivity index is 1.94. The number of likely N-dealkylation sites (N-methyl/N-ethyl adjacent to an activating group) is 1. The van der Waals surface area contributed by atoms with Gasteiger partial charge in [-0.25, -0.2) is 4.68 Å². The molecule has 1 aliphatic rings. The first-order valence-corrected chi connectivity index (χ1v) is 7.62. The minimum atomic E-state index is -0.0876. The molecular weight excluding hydrogens is 268 g/mol. The van der Waals surface area contributed by atoms with Crippen LogP contribution in [0, 0.1) is 0 Å². The monoisotopic (exact) mass is 292 g/mol. The maximum atomic E-state index is 12.1. The van der Waals surface area contributed by atoms with E-state index in [2.05, 4.69) is 21.9 Å². The predicted molar refractivity (Wildman–Crippen MR) is 82.7 cm³/mol. The highest BCUT2D eigenvalue weighted by atomic mass is 16.1. The molecule has 2 heterocycles. The fourth-order valence-electron chi connectivity index (χ4n) is 2.43. The number of aryl methyl sites for hydroxylation is 1. The molecule has 0 atom stereocenters. The third kappa shape index (κ3) is 4.39. The first kappa shape index (κ1) is 15.7. The number of carbonyl (C=O) groups is 1. The zero-order valence-electron chi connectivity index (χ0n) is 12.9. The van der Waals surface area contributed by atoms with Gasteiger partial charge in [0.15, 0.2) is 0 Å². The lowest BCUT2D eigenvalue weighted by molar-refractivity contribution is -0.118. The number of carbonyl (C=O) groups excluding carboxylic acids is 1. The number of hydrogen-bond donors (Lipinski definition) is 0. The van der Waals surface area contributed by atoms with Gasteiger partial charge in [-0.1, -0.05) is 6.92 Å². The average molecular weight is 292 g/mol. The van der Waals surface area contributed by atoms with E-state index in [9.17, 15) is 9.59 Å². The molecule has 1 aromatic rings. The Hall–Kier alpha value is -1.69. The third-order valence-corrected chi connectivity index (χ3v) is 3.94. The molecule has 1 aliphatic heterocycles. The maximum absolute atomic E-state index is 12.1. The van der Waals surface area contributed by atoms with Crippen molar-refractivity contribution in [1.82, 2.24) is 14.7 Å². The number of aromatic nitrogens is 2. The van der Waals surface area contributed by atoms with E-state index in [0.717, 1.165) is 31.9 Å². The molecule has 6 nitrogen and oxygen atoms in total. The normalized spacial score (nSPS) is 16.2. The van der Waals surface area contributed by atoms with Gasteiger partial charge in [-0.05, 0) is 13.5 Å². The molecule has 2 rings (SSSR count). The highest BCUT2D eigenvalue weighted by molar-refractivity contribution is 5.77. The van der Waals surface area contributed by atoms with E-state index in [-0.39, 0.29) is 11.3 Å². The first-order chi connectivity index (χ1) is 10.1. The van der Waals surface area contributed by atoms with Crippen molar-refractivity contribution in [1.29, 1.82) is 0 Å². The SMILES string of the molecule is CCC(=O)CCCn1ncc(N2CCN(C)CC2)cc1=O. The summed E-state index contributed by atoms with van der Waals surface area (Å²) in [7, 11) is 2.10. The van der Waals surface area contributed by atoms with Gasteiger partial charge in [-0.2, -0.15) is 5.10 Å². The van der Waals surface area contributed by atoms with Crippen molar-refractivity contribution in [2.75, 3.05) is 38.1 Å². The van der Waals surface area contributed by atoms with Gasteiger partial charge in [0.1, 0.15) is 5.78 Å². The topological polar surface area (TPSA) is 58.4 Å². The summed E-state index contributed by atoms with van der Waals surface area (Å²) in [5.74, 6) is 0.233. The highest BCUT2D eigenvalue weighted by Gasteiger charge is 2.15. The van der Waals surface area contributed by atoms with Crippen molar-refractivity contribution in [3.8, 4) is 0 Å². The van der Waals surface area contributed by atoms with E-state index in [1.54, 1.807) is 12.3 Å². The fraction of sp³-hybridized carbons (Fsp3) is 0.667. The Bertz CT molecular complexity index is 533. The summed E-state index contributed by atoms with van der Waals surface area (Å²) in [6.07, 6.45) is 3.51. The zero-order valence-corrected chi connectivity index (χ0v) is 12.9. The van der Waals surface area contributed by atoms with Crippen LogP contribution in [0.1, 0.15) is 26.2 Å². The van der Waals surface area contributed by atoms with Gasteiger partial charge in [0.2, 0.25) is 0 Å². The summed E-state index contributed by atoms with van der Waals surface area (Å²) in [5, 5.41) is 4.23. The summed E-state index contributed by atoms with van der Waals surface area (Å²) < 4.78 is 1.45. The molecule has 0 amide bonds. The molecule has 1 fully saturated rings. The number of ketones is 1. The van der Waals surface area contributed by atoms with Crippen LogP contribution in [0.5, 0.6) is 0 Å². The maximum Gasteiger partial charge on any atom is 0.268 e. The summed E-state index contributed by atoms with van der Waals surface area (Å²) in [5.41, 5.74) is 0.810. The second-order valence-electron chi connectivity index (χ2n) is 5.56. The molecule has 1 saturated heterocycles. The predicted octanol–water partition coefficient (Wildman–Crippen LogP) is 0.754. The molecule has 0 unspecified atom stereocenters. The smallest absolute Gasteiger partial charge is 0.268 e. The Labute approximate surface area is 125 Å². The van der Waals surface area contributed by atoms with Gasteiger partial charge in [0.25, 0.3) is 5.56 Å². The second kappa shape index (κ2) is 7.36. The zero-order chi connectivity index (χ0) is 15.2. The van der Waals surface area contributed by atoms with Crippen molar-refractivity contribution in [3.63, 3.8) is 0 Å². The van der Waals surface area contributed by atoms with Crippen LogP contribution in [0.15, 0.2) is 17.1 Å². The summed E-state index contributed by atoms with van der Waals surface area (Å²) in [6.45, 7) is 6.22. The number of rotatable bonds is 6. The summed E-state index contributed by atoms with van der Waals surface area (Å²) in [6, 6.07) is 1.65. The van der Waals surface area contributed by atoms with Crippen molar-refractivity contribution in [2.45, 2.75) is 32.7 Å². The van der Waals surface area contributed by atoms with Gasteiger partial charge >= 0.3 is 0 Å². The van der Waals surface area contributed by atoms with E-state index >= 15 is 0 Å². The fourth-order valence-corrected chi connectivity index (χ4v) is 2.43. The quantitative estimate of drug-likeness (QED) is 0.774. The van der Waals surface area contributed by atoms with E-state index in [1.807, 2.05) is 6.92 Å². The number of anilines is 1. The standard InChI is InChI=1S/C15H24N4O2/c1-3-14(20)5-4-6-19-15(21)11-13(12-16-19)18-9-7-17(2)8-10-18/h11-12H,3-10H2,1-2H3. The Morgan fingerprint density at radius 3 is 2.62 bits per heavy atom. The molecule has 0 aliphatic carbocycles. The van der Waals surface area contributed by atoms with E-state index < -0.39 is 0 Å². The second-order valence-corrected chi connectivity index (χ2v) is 5.56. The number of nitrogens with zero attached hydrogens (tertiary/aromatic N) is 4. The summed E-state index contributed by atoms with van der Waals surface area (Å²) in [4.78, 5) is 27.8. The Morgan fingerprint density at radius 1 is 1.29 bits per heavy atom. The third-order valence-electron chi connectivity index (χ3n) is 3.94. The number of hydrogen-bond acceptors (Lipinski definition) is 5. The lowest BCUT2D eigenvalue weighted by atomic mass is 10.2. The van der Waals surface area contributed by atoms with Gasteiger partial charge < -0.3 is 9.80 Å². The molecule has 0 bridgehead atoms. The van der Waals surface area contributed by atoms with Crippen LogP contribution >= 0.6 is 0 Å². The van der Waals surface area contributed by atoms with Crippen LogP contribution in [-0.2, 0) is 11.3 Å². The molecule has 1 aromatic heterocycles. The molecule has 0 N–H and O–H groups in total. The number of Topliss-reactive ketones (excluding diaryl/α,β-unsaturated/α-hetero) is 1. The molecule has 21 heavy (non-hydrogen) atoms. The average Bonchev–Trinajstić information content (AvgIpc) is 2.49. The minimum Gasteiger partial charge on any atom is -0.368 e. The minimum absolute atomic E-state index is 0.0876. The molecule has 0 radical (unpaired) electrons. The van der Waals surface area contributed by atoms with Gasteiger partial charge in [-0.3, -0.25) is 9.59 Å². The number of piperazine rings is 1. The molecular formula is C15H24N4O2. The van der Waals surface area contributed by atoms with Crippen LogP contribution in [0.2, 0.25) is 0 Å². The van der Waals surface area contributed by atoms with Crippen LogP contribution in [-0.4, -0.2) is 53.7 Å². The van der Waals surface area contributed by atoms with E-state index in [4.69, 9.17) is 0 Å². The molecule has 6 heteroatoms. The Kier molecular flexibility index (Phi) is 5.50. The van der Waals surface area contributed by atoms with Crippen LogP contribution in [0.25, 0.3) is 0 Å².